The van der Waals surface area contributed by atoms with Gasteiger partial charge in [-0.2, -0.15) is 0 Å². The Morgan fingerprint density at radius 1 is 1.05 bits per heavy atom. The highest BCUT2D eigenvalue weighted by atomic mass is 16.5. The summed E-state index contributed by atoms with van der Waals surface area (Å²) in [5, 5.41) is 0. The Bertz CT molecular complexity index is 619. The van der Waals surface area contributed by atoms with E-state index in [1.54, 1.807) is 13.2 Å². The third-order valence-electron chi connectivity index (χ3n) is 3.57. The van der Waals surface area contributed by atoms with E-state index in [0.29, 0.717) is 17.7 Å². The molecule has 2 aromatic carbocycles. The predicted octanol–water partition coefficient (Wildman–Crippen LogP) is 4.05. The molecule has 2 rings (SSSR count). The molecule has 0 radical (unpaired) electrons. The lowest BCUT2D eigenvalue weighted by atomic mass is 9.94. The van der Waals surface area contributed by atoms with Gasteiger partial charge in [-0.25, -0.2) is 0 Å². The molecule has 20 heavy (non-hydrogen) atoms. The number of carbonyl (C=O) groups is 1. The summed E-state index contributed by atoms with van der Waals surface area (Å²) in [4.78, 5) is 12.4. The third kappa shape index (κ3) is 3.08. The summed E-state index contributed by atoms with van der Waals surface area (Å²) >= 11 is 0. The maximum atomic E-state index is 12.4. The molecule has 0 fully saturated rings. The summed E-state index contributed by atoms with van der Waals surface area (Å²) < 4.78 is 5.17. The van der Waals surface area contributed by atoms with Crippen LogP contribution in [-0.2, 0) is 6.42 Å². The number of benzene rings is 2. The van der Waals surface area contributed by atoms with Crippen molar-refractivity contribution in [2.45, 2.75) is 27.2 Å². The van der Waals surface area contributed by atoms with Gasteiger partial charge in [-0.3, -0.25) is 4.79 Å². The molecule has 0 saturated heterocycles. The van der Waals surface area contributed by atoms with Gasteiger partial charge < -0.3 is 4.74 Å². The van der Waals surface area contributed by atoms with E-state index in [0.717, 1.165) is 5.56 Å². The first-order valence-corrected chi connectivity index (χ1v) is 6.75. The Hall–Kier alpha value is -2.09. The van der Waals surface area contributed by atoms with E-state index in [9.17, 15) is 4.79 Å². The zero-order valence-corrected chi connectivity index (χ0v) is 12.5. The molecule has 0 heterocycles. The molecule has 104 valence electrons. The van der Waals surface area contributed by atoms with Crippen molar-refractivity contribution in [3.63, 3.8) is 0 Å². The van der Waals surface area contributed by atoms with Gasteiger partial charge in [0.1, 0.15) is 5.75 Å². The van der Waals surface area contributed by atoms with Crippen molar-refractivity contribution in [1.29, 1.82) is 0 Å². The van der Waals surface area contributed by atoms with Crippen LogP contribution < -0.4 is 4.74 Å². The molecular weight excluding hydrogens is 248 g/mol. The first-order valence-electron chi connectivity index (χ1n) is 6.75. The van der Waals surface area contributed by atoms with Crippen LogP contribution in [0.3, 0.4) is 0 Å². The number of ketones is 1. The summed E-state index contributed by atoms with van der Waals surface area (Å²) in [6.45, 7) is 6.20. The highest BCUT2D eigenvalue weighted by Crippen LogP contribution is 2.20. The SMILES string of the molecule is COc1cccc(C(=O)Cc2c(C)cc(C)cc2C)c1. The van der Waals surface area contributed by atoms with Crippen molar-refractivity contribution >= 4 is 5.78 Å². The highest BCUT2D eigenvalue weighted by molar-refractivity contribution is 5.98. The molecule has 0 spiro atoms. The Morgan fingerprint density at radius 2 is 1.70 bits per heavy atom. The molecular formula is C18H20O2. The minimum Gasteiger partial charge on any atom is -0.497 e. The normalized spacial score (nSPS) is 10.4. The van der Waals surface area contributed by atoms with Crippen molar-refractivity contribution in [2.75, 3.05) is 7.11 Å². The molecule has 0 atom stereocenters. The summed E-state index contributed by atoms with van der Waals surface area (Å²) in [5.41, 5.74) is 5.42. The Morgan fingerprint density at radius 3 is 2.30 bits per heavy atom. The second kappa shape index (κ2) is 5.91. The lowest BCUT2D eigenvalue weighted by Gasteiger charge is -2.11. The van der Waals surface area contributed by atoms with Crippen LogP contribution in [0.5, 0.6) is 5.75 Å². The molecule has 0 N–H and O–H groups in total. The number of aryl methyl sites for hydroxylation is 3. The number of rotatable bonds is 4. The molecule has 0 aliphatic carbocycles. The van der Waals surface area contributed by atoms with E-state index in [1.807, 2.05) is 18.2 Å². The molecule has 0 unspecified atom stereocenters. The van der Waals surface area contributed by atoms with E-state index in [2.05, 4.69) is 32.9 Å². The fraction of sp³-hybridized carbons (Fsp3) is 0.278. The number of methoxy groups -OCH3 is 1. The lowest BCUT2D eigenvalue weighted by molar-refractivity contribution is 0.0992. The van der Waals surface area contributed by atoms with Crippen LogP contribution in [0.4, 0.5) is 0 Å². The van der Waals surface area contributed by atoms with E-state index >= 15 is 0 Å². The summed E-state index contributed by atoms with van der Waals surface area (Å²) in [6, 6.07) is 11.6. The molecule has 2 heteroatoms. The van der Waals surface area contributed by atoms with Crippen molar-refractivity contribution in [2.24, 2.45) is 0 Å². The molecule has 0 bridgehead atoms. The van der Waals surface area contributed by atoms with Crippen LogP contribution in [0.2, 0.25) is 0 Å². The Kier molecular flexibility index (Phi) is 4.23. The summed E-state index contributed by atoms with van der Waals surface area (Å²) in [6.07, 6.45) is 0.436. The van der Waals surface area contributed by atoms with Crippen molar-refractivity contribution in [3.05, 3.63) is 64.2 Å². The van der Waals surface area contributed by atoms with Crippen molar-refractivity contribution < 1.29 is 9.53 Å². The molecule has 0 aliphatic heterocycles. The molecule has 0 aliphatic rings. The first-order chi connectivity index (χ1) is 9.51. The Balaban J connectivity index is 2.28. The molecule has 2 nitrogen and oxygen atoms in total. The van der Waals surface area contributed by atoms with E-state index in [1.165, 1.54) is 16.7 Å². The standard InChI is InChI=1S/C18H20O2/c1-12-8-13(2)17(14(3)9-12)11-18(19)15-6-5-7-16(10-15)20-4/h5-10H,11H2,1-4H3. The maximum Gasteiger partial charge on any atom is 0.167 e. The van der Waals surface area contributed by atoms with Gasteiger partial charge in [-0.15, -0.1) is 0 Å². The molecule has 0 aromatic heterocycles. The third-order valence-corrected chi connectivity index (χ3v) is 3.57. The van der Waals surface area contributed by atoms with Crippen molar-refractivity contribution in [1.82, 2.24) is 0 Å². The van der Waals surface area contributed by atoms with Crippen LogP contribution in [0.25, 0.3) is 0 Å². The van der Waals surface area contributed by atoms with Gasteiger partial charge in [0.15, 0.2) is 5.78 Å². The van der Waals surface area contributed by atoms with Crippen LogP contribution in [0, 0.1) is 20.8 Å². The average molecular weight is 268 g/mol. The minimum absolute atomic E-state index is 0.124. The maximum absolute atomic E-state index is 12.4. The minimum atomic E-state index is 0.124. The smallest absolute Gasteiger partial charge is 0.167 e. The summed E-state index contributed by atoms with van der Waals surface area (Å²) in [7, 11) is 1.61. The van der Waals surface area contributed by atoms with Crippen LogP contribution >= 0.6 is 0 Å². The quantitative estimate of drug-likeness (QED) is 0.782. The Labute approximate surface area is 120 Å². The second-order valence-corrected chi connectivity index (χ2v) is 5.21. The number of ether oxygens (including phenoxy) is 1. The zero-order chi connectivity index (χ0) is 14.7. The number of hydrogen-bond donors (Lipinski definition) is 0. The van der Waals surface area contributed by atoms with Gasteiger partial charge in [-0.05, 0) is 49.6 Å². The topological polar surface area (TPSA) is 26.3 Å². The fourth-order valence-corrected chi connectivity index (χ4v) is 2.55. The highest BCUT2D eigenvalue weighted by Gasteiger charge is 2.12. The second-order valence-electron chi connectivity index (χ2n) is 5.21. The van der Waals surface area contributed by atoms with Crippen LogP contribution in [0.15, 0.2) is 36.4 Å². The van der Waals surface area contributed by atoms with Gasteiger partial charge in [0.05, 0.1) is 7.11 Å². The largest absolute Gasteiger partial charge is 0.497 e. The molecule has 0 saturated carbocycles. The van der Waals surface area contributed by atoms with Gasteiger partial charge in [0.25, 0.3) is 0 Å². The molecule has 0 amide bonds. The average Bonchev–Trinajstić information content (AvgIpc) is 2.42. The van der Waals surface area contributed by atoms with Gasteiger partial charge in [-0.1, -0.05) is 29.8 Å². The van der Waals surface area contributed by atoms with E-state index < -0.39 is 0 Å². The van der Waals surface area contributed by atoms with E-state index in [-0.39, 0.29) is 5.78 Å². The number of Topliss-reactive ketones (excluding diaryl/α,β-unsaturated/α-hetero) is 1. The van der Waals surface area contributed by atoms with Crippen LogP contribution in [-0.4, -0.2) is 12.9 Å². The predicted molar refractivity (Wildman–Crippen MR) is 81.7 cm³/mol. The lowest BCUT2D eigenvalue weighted by Crippen LogP contribution is -2.07. The zero-order valence-electron chi connectivity index (χ0n) is 12.5. The van der Waals surface area contributed by atoms with E-state index in [4.69, 9.17) is 4.74 Å². The first kappa shape index (κ1) is 14.3. The van der Waals surface area contributed by atoms with Gasteiger partial charge in [0.2, 0.25) is 0 Å². The number of carbonyl (C=O) groups excluding carboxylic acids is 1. The van der Waals surface area contributed by atoms with Crippen LogP contribution in [0.1, 0.15) is 32.6 Å². The molecule has 2 aromatic rings. The fourth-order valence-electron chi connectivity index (χ4n) is 2.55. The van der Waals surface area contributed by atoms with Gasteiger partial charge >= 0.3 is 0 Å². The number of hydrogen-bond acceptors (Lipinski definition) is 2. The van der Waals surface area contributed by atoms with Crippen molar-refractivity contribution in [3.8, 4) is 5.75 Å². The monoisotopic (exact) mass is 268 g/mol. The summed E-state index contributed by atoms with van der Waals surface area (Å²) in [5.74, 6) is 0.840. The van der Waals surface area contributed by atoms with Gasteiger partial charge in [0, 0.05) is 12.0 Å².